The maximum atomic E-state index is 12.1. The van der Waals surface area contributed by atoms with Crippen molar-refractivity contribution in [3.63, 3.8) is 0 Å². The van der Waals surface area contributed by atoms with Crippen molar-refractivity contribution in [2.24, 2.45) is 5.73 Å². The summed E-state index contributed by atoms with van der Waals surface area (Å²) in [6.07, 6.45) is -5.30. The van der Waals surface area contributed by atoms with E-state index in [2.05, 4.69) is 5.32 Å². The standard InChI is InChI=1S/C13H18F3N3O/c1-9(17)10-3-5-11(6-4-10)18-12(20)19(2)8-7-13(14,15)16/h3-6,9H,7-8,17H2,1-2H3,(H,18,20). The Morgan fingerprint density at radius 3 is 2.35 bits per heavy atom. The van der Waals surface area contributed by atoms with Crippen molar-refractivity contribution in [2.45, 2.75) is 25.6 Å². The van der Waals surface area contributed by atoms with E-state index < -0.39 is 18.6 Å². The van der Waals surface area contributed by atoms with Gasteiger partial charge >= 0.3 is 12.2 Å². The van der Waals surface area contributed by atoms with Gasteiger partial charge in [0, 0.05) is 25.3 Å². The highest BCUT2D eigenvalue weighted by molar-refractivity contribution is 5.89. The van der Waals surface area contributed by atoms with Crippen molar-refractivity contribution in [1.29, 1.82) is 0 Å². The predicted molar refractivity (Wildman–Crippen MR) is 71.4 cm³/mol. The van der Waals surface area contributed by atoms with E-state index in [1.807, 2.05) is 6.92 Å². The van der Waals surface area contributed by atoms with Crippen LogP contribution in [0.15, 0.2) is 24.3 Å². The van der Waals surface area contributed by atoms with E-state index in [0.29, 0.717) is 5.69 Å². The first-order valence-corrected chi connectivity index (χ1v) is 6.13. The molecule has 0 fully saturated rings. The number of hydrogen-bond donors (Lipinski definition) is 2. The molecule has 1 rings (SSSR count). The maximum absolute atomic E-state index is 12.1. The lowest BCUT2D eigenvalue weighted by molar-refractivity contribution is -0.135. The Morgan fingerprint density at radius 1 is 1.35 bits per heavy atom. The summed E-state index contributed by atoms with van der Waals surface area (Å²) in [6, 6.07) is 6.14. The third kappa shape index (κ3) is 5.48. The van der Waals surface area contributed by atoms with E-state index >= 15 is 0 Å². The number of rotatable bonds is 4. The molecule has 0 spiro atoms. The Morgan fingerprint density at radius 2 is 1.90 bits per heavy atom. The third-order valence-corrected chi connectivity index (χ3v) is 2.77. The molecule has 0 saturated carbocycles. The van der Waals surface area contributed by atoms with Crippen LogP contribution in [0.1, 0.15) is 24.9 Å². The smallest absolute Gasteiger partial charge is 0.327 e. The number of amides is 2. The molecule has 1 atom stereocenters. The Hall–Kier alpha value is -1.76. The van der Waals surface area contributed by atoms with E-state index in [1.54, 1.807) is 24.3 Å². The first-order valence-electron chi connectivity index (χ1n) is 6.13. The van der Waals surface area contributed by atoms with E-state index in [1.165, 1.54) is 7.05 Å². The monoisotopic (exact) mass is 289 g/mol. The average Bonchev–Trinajstić information content (AvgIpc) is 2.35. The topological polar surface area (TPSA) is 58.4 Å². The van der Waals surface area contributed by atoms with Crippen molar-refractivity contribution in [1.82, 2.24) is 4.90 Å². The second kappa shape index (κ2) is 6.60. The van der Waals surface area contributed by atoms with Crippen LogP contribution >= 0.6 is 0 Å². The summed E-state index contributed by atoms with van der Waals surface area (Å²) in [5.74, 6) is 0. The highest BCUT2D eigenvalue weighted by Gasteiger charge is 2.28. The zero-order valence-corrected chi connectivity index (χ0v) is 11.4. The molecule has 0 aliphatic rings. The zero-order valence-electron chi connectivity index (χ0n) is 11.4. The minimum atomic E-state index is -4.27. The van der Waals surface area contributed by atoms with E-state index in [-0.39, 0.29) is 12.6 Å². The summed E-state index contributed by atoms with van der Waals surface area (Å²) >= 11 is 0. The highest BCUT2D eigenvalue weighted by atomic mass is 19.4. The van der Waals surface area contributed by atoms with Crippen molar-refractivity contribution < 1.29 is 18.0 Å². The number of nitrogens with zero attached hydrogens (tertiary/aromatic N) is 1. The lowest BCUT2D eigenvalue weighted by Crippen LogP contribution is -2.34. The van der Waals surface area contributed by atoms with Gasteiger partial charge in [0.2, 0.25) is 0 Å². The summed E-state index contributed by atoms with van der Waals surface area (Å²) in [7, 11) is 1.32. The Bertz CT molecular complexity index is 443. The molecule has 1 aromatic carbocycles. The van der Waals surface area contributed by atoms with E-state index in [0.717, 1.165) is 10.5 Å². The van der Waals surface area contributed by atoms with Gasteiger partial charge in [-0.25, -0.2) is 4.79 Å². The normalized spacial score (nSPS) is 12.9. The van der Waals surface area contributed by atoms with Crippen LogP contribution in [-0.2, 0) is 0 Å². The molecule has 1 unspecified atom stereocenters. The van der Waals surface area contributed by atoms with Crippen molar-refractivity contribution in [2.75, 3.05) is 18.9 Å². The first kappa shape index (κ1) is 16.3. The number of carbonyl (C=O) groups excluding carboxylic acids is 1. The van der Waals surface area contributed by atoms with Crippen molar-refractivity contribution in [3.8, 4) is 0 Å². The second-order valence-electron chi connectivity index (χ2n) is 4.63. The average molecular weight is 289 g/mol. The molecule has 1 aromatic rings. The molecule has 20 heavy (non-hydrogen) atoms. The molecular formula is C13H18F3N3O. The third-order valence-electron chi connectivity index (χ3n) is 2.77. The van der Waals surface area contributed by atoms with Gasteiger partial charge in [-0.05, 0) is 24.6 Å². The minimum Gasteiger partial charge on any atom is -0.327 e. The molecule has 7 heteroatoms. The molecule has 4 nitrogen and oxygen atoms in total. The van der Waals surface area contributed by atoms with Crippen LogP contribution in [0.25, 0.3) is 0 Å². The largest absolute Gasteiger partial charge is 0.390 e. The van der Waals surface area contributed by atoms with Gasteiger partial charge in [-0.2, -0.15) is 13.2 Å². The van der Waals surface area contributed by atoms with Crippen LogP contribution in [0.4, 0.5) is 23.7 Å². The fourth-order valence-corrected chi connectivity index (χ4v) is 1.48. The predicted octanol–water partition coefficient (Wildman–Crippen LogP) is 3.12. The van der Waals surface area contributed by atoms with Crippen LogP contribution in [0.2, 0.25) is 0 Å². The van der Waals surface area contributed by atoms with Crippen molar-refractivity contribution in [3.05, 3.63) is 29.8 Å². The zero-order chi connectivity index (χ0) is 15.3. The number of hydrogen-bond acceptors (Lipinski definition) is 2. The van der Waals surface area contributed by atoms with Crippen LogP contribution in [0.3, 0.4) is 0 Å². The molecule has 3 N–H and O–H groups in total. The molecule has 0 bridgehead atoms. The number of benzene rings is 1. The maximum Gasteiger partial charge on any atom is 0.390 e. The number of urea groups is 1. The fraction of sp³-hybridized carbons (Fsp3) is 0.462. The highest BCUT2D eigenvalue weighted by Crippen LogP contribution is 2.20. The van der Waals surface area contributed by atoms with Gasteiger partial charge < -0.3 is 16.0 Å². The molecule has 0 aromatic heterocycles. The van der Waals surface area contributed by atoms with Gasteiger partial charge in [-0.3, -0.25) is 0 Å². The van der Waals surface area contributed by atoms with Gasteiger partial charge in [0.25, 0.3) is 0 Å². The Balaban J connectivity index is 2.53. The summed E-state index contributed by atoms with van der Waals surface area (Å²) in [5, 5.41) is 2.52. The fourth-order valence-electron chi connectivity index (χ4n) is 1.48. The number of halogens is 3. The van der Waals surface area contributed by atoms with Crippen LogP contribution in [-0.4, -0.2) is 30.7 Å². The number of nitrogens with two attached hydrogens (primary N) is 1. The molecule has 112 valence electrons. The molecule has 0 radical (unpaired) electrons. The quantitative estimate of drug-likeness (QED) is 0.894. The number of alkyl halides is 3. The molecular weight excluding hydrogens is 271 g/mol. The number of nitrogens with one attached hydrogen (secondary N) is 1. The summed E-state index contributed by atoms with van der Waals surface area (Å²) < 4.78 is 36.2. The van der Waals surface area contributed by atoms with Crippen LogP contribution in [0, 0.1) is 0 Å². The molecule has 0 aliphatic heterocycles. The Labute approximate surface area is 115 Å². The molecule has 0 heterocycles. The van der Waals surface area contributed by atoms with Gasteiger partial charge in [0.05, 0.1) is 6.42 Å². The van der Waals surface area contributed by atoms with E-state index in [4.69, 9.17) is 5.73 Å². The SMILES string of the molecule is CC(N)c1ccc(NC(=O)N(C)CCC(F)(F)F)cc1. The summed E-state index contributed by atoms with van der Waals surface area (Å²) in [6.45, 7) is 1.45. The summed E-state index contributed by atoms with van der Waals surface area (Å²) in [4.78, 5) is 12.7. The summed E-state index contributed by atoms with van der Waals surface area (Å²) in [5.41, 5.74) is 7.11. The van der Waals surface area contributed by atoms with Gasteiger partial charge in [0.1, 0.15) is 0 Å². The minimum absolute atomic E-state index is 0.116. The lowest BCUT2D eigenvalue weighted by atomic mass is 10.1. The van der Waals surface area contributed by atoms with Gasteiger partial charge in [-0.1, -0.05) is 12.1 Å². The van der Waals surface area contributed by atoms with Crippen LogP contribution < -0.4 is 11.1 Å². The molecule has 0 aliphatic carbocycles. The molecule has 0 saturated heterocycles. The first-order chi connectivity index (χ1) is 9.19. The lowest BCUT2D eigenvalue weighted by Gasteiger charge is -2.19. The van der Waals surface area contributed by atoms with Crippen molar-refractivity contribution >= 4 is 11.7 Å². The number of carbonyl (C=O) groups is 1. The second-order valence-corrected chi connectivity index (χ2v) is 4.63. The van der Waals surface area contributed by atoms with Gasteiger partial charge in [0.15, 0.2) is 0 Å². The van der Waals surface area contributed by atoms with Crippen LogP contribution in [0.5, 0.6) is 0 Å². The van der Waals surface area contributed by atoms with Gasteiger partial charge in [-0.15, -0.1) is 0 Å². The van der Waals surface area contributed by atoms with E-state index in [9.17, 15) is 18.0 Å². The Kier molecular flexibility index (Phi) is 5.38. The molecule has 2 amide bonds. The number of anilines is 1.